The Morgan fingerprint density at radius 1 is 1.07 bits per heavy atom. The molecule has 0 saturated carbocycles. The molecule has 0 saturated heterocycles. The number of nitrogens with zero attached hydrogens (tertiary/aromatic N) is 4. The van der Waals surface area contributed by atoms with Crippen molar-refractivity contribution in [3.05, 3.63) is 82.1 Å². The molecule has 4 rings (SSSR count). The molecule has 1 aromatic heterocycles. The molecule has 3 aromatic rings. The predicted molar refractivity (Wildman–Crippen MR) is 116 cm³/mol. The average molecular weight is 411 g/mol. The first-order chi connectivity index (χ1) is 14.1. The van der Waals surface area contributed by atoms with E-state index in [4.69, 9.17) is 16.6 Å². The Labute approximate surface area is 175 Å². The Balaban J connectivity index is 1.83. The number of fused-ring (bicyclic) bond motifs is 3. The molecule has 0 radical (unpaired) electrons. The first kappa shape index (κ1) is 19.8. The molecule has 6 heteroatoms. The molecule has 0 unspecified atom stereocenters. The maximum absolute atomic E-state index is 15.2. The van der Waals surface area contributed by atoms with E-state index in [1.807, 2.05) is 41.1 Å². The van der Waals surface area contributed by atoms with E-state index in [0.717, 1.165) is 48.7 Å². The minimum atomic E-state index is -0.285. The van der Waals surface area contributed by atoms with Crippen LogP contribution >= 0.6 is 11.6 Å². The maximum atomic E-state index is 15.2. The quantitative estimate of drug-likeness (QED) is 0.579. The molecule has 1 aliphatic rings. The van der Waals surface area contributed by atoms with Crippen LogP contribution in [-0.4, -0.2) is 39.8 Å². The van der Waals surface area contributed by atoms with Gasteiger partial charge in [0.25, 0.3) is 0 Å². The number of para-hydroxylation sites is 1. The van der Waals surface area contributed by atoms with Crippen molar-refractivity contribution in [3.8, 4) is 5.69 Å². The highest BCUT2D eigenvalue weighted by Gasteiger charge is 2.25. The first-order valence-electron chi connectivity index (χ1n) is 10.0. The van der Waals surface area contributed by atoms with Gasteiger partial charge in [-0.3, -0.25) is 9.56 Å². The Bertz CT molecular complexity index is 1050. The van der Waals surface area contributed by atoms with Crippen LogP contribution < -0.4 is 0 Å². The Kier molecular flexibility index (Phi) is 5.79. The highest BCUT2D eigenvalue weighted by atomic mass is 35.5. The lowest BCUT2D eigenvalue weighted by molar-refractivity contribution is 0.306. The van der Waals surface area contributed by atoms with Crippen LogP contribution in [0.15, 0.2) is 53.7 Å². The Morgan fingerprint density at radius 2 is 1.83 bits per heavy atom. The zero-order chi connectivity index (χ0) is 20.4. The number of halogens is 2. The molecule has 150 valence electrons. The standard InChI is InChI=1S/C23H24ClFN4/c1-3-28(4-2)13-12-16-14-26-21-15-27-22(17-8-5-6-10-19(17)24)18-9-7-11-20(25)23(18)29(16)21/h5-11,14H,3-4,12-13,15H2,1-2H3. The minimum Gasteiger partial charge on any atom is -0.303 e. The van der Waals surface area contributed by atoms with E-state index >= 15 is 4.39 Å². The van der Waals surface area contributed by atoms with Crippen molar-refractivity contribution in [2.24, 2.45) is 4.99 Å². The number of hydrogen-bond donors (Lipinski definition) is 0. The van der Waals surface area contributed by atoms with E-state index < -0.39 is 0 Å². The Hall–Kier alpha value is -2.50. The maximum Gasteiger partial charge on any atom is 0.147 e. The fourth-order valence-electron chi connectivity index (χ4n) is 3.86. The molecule has 1 aliphatic heterocycles. The van der Waals surface area contributed by atoms with Crippen LogP contribution in [0, 0.1) is 5.82 Å². The second-order valence-electron chi connectivity index (χ2n) is 7.06. The number of aliphatic imine (C=N–C) groups is 1. The molecule has 0 N–H and O–H groups in total. The summed E-state index contributed by atoms with van der Waals surface area (Å²) in [6, 6.07) is 12.7. The summed E-state index contributed by atoms with van der Waals surface area (Å²) in [5.74, 6) is 0.459. The second-order valence-corrected chi connectivity index (χ2v) is 7.47. The fourth-order valence-corrected chi connectivity index (χ4v) is 4.08. The third kappa shape index (κ3) is 3.72. The van der Waals surface area contributed by atoms with Gasteiger partial charge in [-0.1, -0.05) is 55.8 Å². The van der Waals surface area contributed by atoms with Gasteiger partial charge in [0, 0.05) is 41.0 Å². The molecular formula is C23H24ClFN4. The van der Waals surface area contributed by atoms with Crippen molar-refractivity contribution in [3.63, 3.8) is 0 Å². The number of hydrogen-bond acceptors (Lipinski definition) is 3. The van der Waals surface area contributed by atoms with E-state index in [1.54, 1.807) is 6.07 Å². The normalized spacial score (nSPS) is 13.1. The number of imidazole rings is 1. The van der Waals surface area contributed by atoms with Crippen molar-refractivity contribution < 1.29 is 4.39 Å². The molecule has 29 heavy (non-hydrogen) atoms. The van der Waals surface area contributed by atoms with Crippen LogP contribution in [0.25, 0.3) is 5.69 Å². The van der Waals surface area contributed by atoms with Gasteiger partial charge in [-0.2, -0.15) is 0 Å². The Morgan fingerprint density at radius 3 is 2.59 bits per heavy atom. The molecule has 4 nitrogen and oxygen atoms in total. The summed E-state index contributed by atoms with van der Waals surface area (Å²) in [7, 11) is 0. The SMILES string of the molecule is CCN(CC)CCc1cnc2n1-c1c(F)cccc1C(c1ccccc1Cl)=NC2. The van der Waals surface area contributed by atoms with Crippen molar-refractivity contribution in [1.29, 1.82) is 0 Å². The molecule has 0 aliphatic carbocycles. The molecule has 2 aromatic carbocycles. The lowest BCUT2D eigenvalue weighted by Gasteiger charge is -2.19. The van der Waals surface area contributed by atoms with Crippen molar-refractivity contribution in [2.75, 3.05) is 19.6 Å². The van der Waals surface area contributed by atoms with Gasteiger partial charge in [0.2, 0.25) is 0 Å². The van der Waals surface area contributed by atoms with Crippen molar-refractivity contribution >= 4 is 17.3 Å². The van der Waals surface area contributed by atoms with E-state index in [9.17, 15) is 0 Å². The lowest BCUT2D eigenvalue weighted by atomic mass is 10.00. The van der Waals surface area contributed by atoms with E-state index in [0.29, 0.717) is 23.0 Å². The number of likely N-dealkylation sites (N-methyl/N-ethyl adjacent to an activating group) is 1. The van der Waals surface area contributed by atoms with Crippen molar-refractivity contribution in [1.82, 2.24) is 14.5 Å². The first-order valence-corrected chi connectivity index (χ1v) is 10.4. The minimum absolute atomic E-state index is 0.285. The van der Waals surface area contributed by atoms with Crippen LogP contribution in [-0.2, 0) is 13.0 Å². The van der Waals surface area contributed by atoms with Crippen molar-refractivity contribution in [2.45, 2.75) is 26.8 Å². The number of benzene rings is 2. The molecule has 0 atom stereocenters. The summed E-state index contributed by atoms with van der Waals surface area (Å²) in [4.78, 5) is 11.7. The average Bonchev–Trinajstić information content (AvgIpc) is 3.04. The molecule has 0 fully saturated rings. The van der Waals surface area contributed by atoms with Gasteiger partial charge in [-0.15, -0.1) is 0 Å². The zero-order valence-corrected chi connectivity index (χ0v) is 17.5. The summed E-state index contributed by atoms with van der Waals surface area (Å²) in [6.45, 7) is 7.56. The van der Waals surface area contributed by atoms with Gasteiger partial charge in [-0.05, 0) is 25.2 Å². The monoisotopic (exact) mass is 410 g/mol. The highest BCUT2D eigenvalue weighted by Crippen LogP contribution is 2.30. The highest BCUT2D eigenvalue weighted by molar-refractivity contribution is 6.35. The second kappa shape index (κ2) is 8.47. The van der Waals surface area contributed by atoms with Gasteiger partial charge in [0.1, 0.15) is 11.6 Å². The largest absolute Gasteiger partial charge is 0.303 e. The van der Waals surface area contributed by atoms with Crippen LogP contribution in [0.5, 0.6) is 0 Å². The lowest BCUT2D eigenvalue weighted by Crippen LogP contribution is -2.26. The fraction of sp³-hybridized carbons (Fsp3) is 0.304. The predicted octanol–water partition coefficient (Wildman–Crippen LogP) is 4.90. The molecule has 0 amide bonds. The third-order valence-electron chi connectivity index (χ3n) is 5.46. The molecule has 0 bridgehead atoms. The summed E-state index contributed by atoms with van der Waals surface area (Å²) in [5.41, 5.74) is 3.74. The van der Waals surface area contributed by atoms with E-state index in [-0.39, 0.29) is 5.82 Å². The van der Waals surface area contributed by atoms with Gasteiger partial charge < -0.3 is 4.90 Å². The van der Waals surface area contributed by atoms with Gasteiger partial charge in [-0.25, -0.2) is 9.37 Å². The summed E-state index contributed by atoms with van der Waals surface area (Å²) >= 11 is 6.45. The van der Waals surface area contributed by atoms with E-state index in [2.05, 4.69) is 23.7 Å². The number of rotatable bonds is 6. The molecule has 2 heterocycles. The smallest absolute Gasteiger partial charge is 0.147 e. The summed E-state index contributed by atoms with van der Waals surface area (Å²) < 4.78 is 17.1. The van der Waals surface area contributed by atoms with Gasteiger partial charge in [0.05, 0.1) is 17.9 Å². The van der Waals surface area contributed by atoms with Crippen LogP contribution in [0.2, 0.25) is 5.02 Å². The number of aromatic nitrogens is 2. The zero-order valence-electron chi connectivity index (χ0n) is 16.7. The summed E-state index contributed by atoms with van der Waals surface area (Å²) in [6.07, 6.45) is 2.65. The summed E-state index contributed by atoms with van der Waals surface area (Å²) in [5, 5.41) is 0.600. The topological polar surface area (TPSA) is 33.4 Å². The molecule has 0 spiro atoms. The molecular weight excluding hydrogens is 387 g/mol. The third-order valence-corrected chi connectivity index (χ3v) is 5.79. The van der Waals surface area contributed by atoms with Gasteiger partial charge >= 0.3 is 0 Å². The van der Waals surface area contributed by atoms with Crippen LogP contribution in [0.4, 0.5) is 4.39 Å². The van der Waals surface area contributed by atoms with Gasteiger partial charge in [0.15, 0.2) is 0 Å². The van der Waals surface area contributed by atoms with E-state index in [1.165, 1.54) is 6.07 Å². The van der Waals surface area contributed by atoms with Crippen LogP contribution in [0.1, 0.15) is 36.5 Å². The van der Waals surface area contributed by atoms with Crippen LogP contribution in [0.3, 0.4) is 0 Å².